The van der Waals surface area contributed by atoms with Gasteiger partial charge in [-0.1, -0.05) is 30.3 Å². The van der Waals surface area contributed by atoms with Crippen LogP contribution >= 0.6 is 24.8 Å². The lowest BCUT2D eigenvalue weighted by atomic mass is 9.83. The monoisotopic (exact) mass is 402 g/mol. The molecule has 1 spiro atoms. The number of nitrogens with zero attached hydrogens (tertiary/aromatic N) is 3. The van der Waals surface area contributed by atoms with Crippen LogP contribution in [0.5, 0.6) is 0 Å². The predicted octanol–water partition coefficient (Wildman–Crippen LogP) is 1.64. The summed E-state index contributed by atoms with van der Waals surface area (Å²) in [5.41, 5.74) is 7.54. The molecule has 2 aliphatic heterocycles. The Morgan fingerprint density at radius 3 is 2.31 bits per heavy atom. The lowest BCUT2D eigenvalue weighted by Crippen LogP contribution is -2.64. The molecule has 2 saturated heterocycles. The Kier molecular flexibility index (Phi) is 8.83. The Morgan fingerprint density at radius 1 is 1.08 bits per heavy atom. The first-order valence-corrected chi connectivity index (χ1v) is 8.98. The lowest BCUT2D eigenvalue weighted by molar-refractivity contribution is -0.136. The maximum Gasteiger partial charge on any atom is 0.239 e. The van der Waals surface area contributed by atoms with Crippen molar-refractivity contribution in [2.45, 2.75) is 30.8 Å². The van der Waals surface area contributed by atoms with Crippen LogP contribution in [0.1, 0.15) is 18.4 Å². The molecule has 1 aromatic rings. The van der Waals surface area contributed by atoms with Crippen molar-refractivity contribution in [2.75, 3.05) is 46.8 Å². The fourth-order valence-electron chi connectivity index (χ4n) is 4.13. The van der Waals surface area contributed by atoms with E-state index in [2.05, 4.69) is 23.9 Å². The van der Waals surface area contributed by atoms with Gasteiger partial charge in [0, 0.05) is 38.3 Å². The molecule has 2 N–H and O–H groups in total. The van der Waals surface area contributed by atoms with Crippen molar-refractivity contribution in [3.8, 4) is 0 Å². The van der Waals surface area contributed by atoms with Crippen LogP contribution in [0, 0.1) is 0 Å². The zero-order valence-electron chi connectivity index (χ0n) is 15.8. The minimum atomic E-state index is -0.437. The SMILES string of the molecule is CN1CCN(C)C2(CCN(C(=O)[C@H](N)Cc3ccccc3)CC2)C1.Cl.Cl. The first kappa shape index (κ1) is 23.2. The number of hydrogen-bond donors (Lipinski definition) is 1. The molecule has 0 aromatic heterocycles. The number of halogens is 2. The van der Waals surface area contributed by atoms with Crippen LogP contribution in [0.4, 0.5) is 0 Å². The molecule has 1 atom stereocenters. The number of benzene rings is 1. The van der Waals surface area contributed by atoms with Gasteiger partial charge in [-0.05, 0) is 38.9 Å². The van der Waals surface area contributed by atoms with Crippen molar-refractivity contribution >= 4 is 30.7 Å². The average molecular weight is 403 g/mol. The fourth-order valence-corrected chi connectivity index (χ4v) is 4.13. The zero-order valence-corrected chi connectivity index (χ0v) is 17.4. The average Bonchev–Trinajstić information content (AvgIpc) is 2.59. The summed E-state index contributed by atoms with van der Waals surface area (Å²) in [6, 6.07) is 9.60. The summed E-state index contributed by atoms with van der Waals surface area (Å²) in [5, 5.41) is 0. The molecule has 2 aliphatic rings. The van der Waals surface area contributed by atoms with Gasteiger partial charge in [0.15, 0.2) is 0 Å². The molecule has 148 valence electrons. The third kappa shape index (κ3) is 5.11. The number of amides is 1. The summed E-state index contributed by atoms with van der Waals surface area (Å²) in [7, 11) is 4.42. The van der Waals surface area contributed by atoms with Crippen LogP contribution in [0.2, 0.25) is 0 Å². The first-order valence-electron chi connectivity index (χ1n) is 8.98. The summed E-state index contributed by atoms with van der Waals surface area (Å²) in [6.07, 6.45) is 2.69. The molecular weight excluding hydrogens is 371 g/mol. The van der Waals surface area contributed by atoms with E-state index in [1.54, 1.807) is 0 Å². The third-order valence-corrected chi connectivity index (χ3v) is 5.81. The molecular formula is C19H32Cl2N4O. The van der Waals surface area contributed by atoms with E-state index in [4.69, 9.17) is 5.73 Å². The lowest BCUT2D eigenvalue weighted by Gasteiger charge is -2.52. The van der Waals surface area contributed by atoms with E-state index in [0.29, 0.717) is 6.42 Å². The number of piperidine rings is 1. The summed E-state index contributed by atoms with van der Waals surface area (Å²) in [4.78, 5) is 19.6. The predicted molar refractivity (Wildman–Crippen MR) is 111 cm³/mol. The molecule has 2 heterocycles. The summed E-state index contributed by atoms with van der Waals surface area (Å²) in [6.45, 7) is 4.97. The summed E-state index contributed by atoms with van der Waals surface area (Å²) < 4.78 is 0. The number of piperazine rings is 1. The van der Waals surface area contributed by atoms with Gasteiger partial charge >= 0.3 is 0 Å². The van der Waals surface area contributed by atoms with Crippen molar-refractivity contribution in [2.24, 2.45) is 5.73 Å². The number of likely N-dealkylation sites (N-methyl/N-ethyl adjacent to an activating group) is 2. The highest BCUT2D eigenvalue weighted by Gasteiger charge is 2.42. The summed E-state index contributed by atoms with van der Waals surface area (Å²) in [5.74, 6) is 0.0977. The van der Waals surface area contributed by atoms with Gasteiger partial charge in [-0.15, -0.1) is 24.8 Å². The number of carbonyl (C=O) groups excluding carboxylic acids is 1. The van der Waals surface area contributed by atoms with Crippen molar-refractivity contribution in [1.82, 2.24) is 14.7 Å². The van der Waals surface area contributed by atoms with Crippen LogP contribution < -0.4 is 5.73 Å². The Labute approximate surface area is 169 Å². The van der Waals surface area contributed by atoms with Gasteiger partial charge in [-0.25, -0.2) is 0 Å². The third-order valence-electron chi connectivity index (χ3n) is 5.81. The maximum absolute atomic E-state index is 12.7. The standard InChI is InChI=1S/C19H30N4O.2ClH/c1-21-12-13-22(2)19(15-21)8-10-23(11-9-19)18(24)17(20)14-16-6-4-3-5-7-16;;/h3-7,17H,8-15,20H2,1-2H3;2*1H/t17-;;/m1../s1. The number of carbonyl (C=O) groups is 1. The highest BCUT2D eigenvalue weighted by Crippen LogP contribution is 2.31. The number of likely N-dealkylation sites (tertiary alicyclic amines) is 1. The van der Waals surface area contributed by atoms with Gasteiger partial charge in [0.25, 0.3) is 0 Å². The summed E-state index contributed by atoms with van der Waals surface area (Å²) >= 11 is 0. The van der Waals surface area contributed by atoms with E-state index >= 15 is 0 Å². The van der Waals surface area contributed by atoms with Gasteiger partial charge in [0.1, 0.15) is 0 Å². The highest BCUT2D eigenvalue weighted by atomic mass is 35.5. The Hall–Kier alpha value is -0.850. The highest BCUT2D eigenvalue weighted by molar-refractivity contribution is 5.85. The van der Waals surface area contributed by atoms with E-state index in [0.717, 1.165) is 51.1 Å². The van der Waals surface area contributed by atoms with Gasteiger partial charge in [0.05, 0.1) is 6.04 Å². The fraction of sp³-hybridized carbons (Fsp3) is 0.632. The molecule has 0 saturated carbocycles. The first-order chi connectivity index (χ1) is 11.5. The molecule has 1 amide bonds. The molecule has 5 nitrogen and oxygen atoms in total. The van der Waals surface area contributed by atoms with Crippen LogP contribution in [-0.4, -0.2) is 79.0 Å². The molecule has 0 aliphatic carbocycles. The van der Waals surface area contributed by atoms with E-state index < -0.39 is 6.04 Å². The van der Waals surface area contributed by atoms with E-state index in [1.165, 1.54) is 0 Å². The van der Waals surface area contributed by atoms with Gasteiger partial charge in [-0.2, -0.15) is 0 Å². The Morgan fingerprint density at radius 2 is 1.69 bits per heavy atom. The number of rotatable bonds is 3. The topological polar surface area (TPSA) is 52.8 Å². The molecule has 1 aromatic carbocycles. The molecule has 0 unspecified atom stereocenters. The molecule has 26 heavy (non-hydrogen) atoms. The van der Waals surface area contributed by atoms with Crippen molar-refractivity contribution in [1.29, 1.82) is 0 Å². The second-order valence-electron chi connectivity index (χ2n) is 7.51. The van der Waals surface area contributed by atoms with Crippen molar-refractivity contribution in [3.05, 3.63) is 35.9 Å². The van der Waals surface area contributed by atoms with Gasteiger partial charge in [-0.3, -0.25) is 9.69 Å². The van der Waals surface area contributed by atoms with Crippen molar-refractivity contribution < 1.29 is 4.79 Å². The largest absolute Gasteiger partial charge is 0.341 e. The van der Waals surface area contributed by atoms with Gasteiger partial charge < -0.3 is 15.5 Å². The quantitative estimate of drug-likeness (QED) is 0.834. The Balaban J connectivity index is 0.00000169. The second kappa shape index (κ2) is 9.90. The molecule has 7 heteroatoms. The molecule has 3 rings (SSSR count). The Bertz CT molecular complexity index is 564. The van der Waals surface area contributed by atoms with Crippen LogP contribution in [0.25, 0.3) is 0 Å². The van der Waals surface area contributed by atoms with E-state index in [9.17, 15) is 4.79 Å². The minimum absolute atomic E-state index is 0. The molecule has 2 fully saturated rings. The normalized spacial score (nSPS) is 21.6. The smallest absolute Gasteiger partial charge is 0.239 e. The van der Waals surface area contributed by atoms with Crippen LogP contribution in [0.15, 0.2) is 30.3 Å². The van der Waals surface area contributed by atoms with Crippen LogP contribution in [-0.2, 0) is 11.2 Å². The zero-order chi connectivity index (χ0) is 17.2. The minimum Gasteiger partial charge on any atom is -0.341 e. The number of hydrogen-bond acceptors (Lipinski definition) is 4. The maximum atomic E-state index is 12.7. The molecule has 0 radical (unpaired) electrons. The van der Waals surface area contributed by atoms with Crippen LogP contribution in [0.3, 0.4) is 0 Å². The van der Waals surface area contributed by atoms with E-state index in [-0.39, 0.29) is 36.3 Å². The molecule has 0 bridgehead atoms. The second-order valence-corrected chi connectivity index (χ2v) is 7.51. The van der Waals surface area contributed by atoms with Gasteiger partial charge in [0.2, 0.25) is 5.91 Å². The van der Waals surface area contributed by atoms with Crippen molar-refractivity contribution in [3.63, 3.8) is 0 Å². The number of nitrogens with two attached hydrogens (primary N) is 1. The van der Waals surface area contributed by atoms with E-state index in [1.807, 2.05) is 35.2 Å².